The van der Waals surface area contributed by atoms with Crippen LogP contribution in [-0.2, 0) is 0 Å². The van der Waals surface area contributed by atoms with Crippen LogP contribution in [0.4, 0.5) is 5.82 Å². The molecule has 2 aromatic rings. The average molecular weight is 295 g/mol. The fourth-order valence-electron chi connectivity index (χ4n) is 2.41. The number of nitrogens with zero attached hydrogens (tertiary/aromatic N) is 3. The van der Waals surface area contributed by atoms with Crippen molar-refractivity contribution in [3.63, 3.8) is 0 Å². The third kappa shape index (κ3) is 1.82. The number of halogens is 1. The van der Waals surface area contributed by atoms with E-state index in [2.05, 4.69) is 38.1 Å². The molecule has 0 spiro atoms. The van der Waals surface area contributed by atoms with Crippen LogP contribution in [0.3, 0.4) is 0 Å². The number of hydrogen-bond donors (Lipinski definition) is 1. The number of fused-ring (bicyclic) bond motifs is 1. The second kappa shape index (κ2) is 3.98. The molecule has 1 aliphatic carbocycles. The molecule has 1 saturated carbocycles. The Balaban J connectivity index is 2.01. The highest BCUT2D eigenvalue weighted by Gasteiger charge is 2.35. The lowest BCUT2D eigenvalue weighted by Gasteiger charge is -2.42. The van der Waals surface area contributed by atoms with Gasteiger partial charge in [-0.3, -0.25) is 0 Å². The smallest absolute Gasteiger partial charge is 0.180 e. The van der Waals surface area contributed by atoms with E-state index in [0.29, 0.717) is 0 Å². The number of anilines is 1. The highest BCUT2D eigenvalue weighted by molar-refractivity contribution is 9.10. The lowest BCUT2D eigenvalue weighted by Crippen LogP contribution is -2.44. The summed E-state index contributed by atoms with van der Waals surface area (Å²) in [5, 5.41) is 3.59. The van der Waals surface area contributed by atoms with Gasteiger partial charge < -0.3 is 9.72 Å². The normalized spacial score (nSPS) is 18.0. The molecule has 3 rings (SSSR count). The minimum Gasteiger partial charge on any atom is -0.362 e. The molecule has 0 amide bonds. The Morgan fingerprint density at radius 2 is 2.35 bits per heavy atom. The average Bonchev–Trinajstić information content (AvgIpc) is 2.71. The van der Waals surface area contributed by atoms with Gasteiger partial charge in [-0.25, -0.2) is 9.97 Å². The Morgan fingerprint density at radius 3 is 3.00 bits per heavy atom. The van der Waals surface area contributed by atoms with Crippen molar-refractivity contribution in [3.05, 3.63) is 23.2 Å². The molecular weight excluding hydrogens is 280 g/mol. The molecule has 0 aromatic carbocycles. The van der Waals surface area contributed by atoms with Crippen molar-refractivity contribution in [2.45, 2.75) is 38.1 Å². The Hall–Kier alpha value is -1.10. The van der Waals surface area contributed by atoms with Crippen molar-refractivity contribution in [1.82, 2.24) is 14.4 Å². The van der Waals surface area contributed by atoms with Gasteiger partial charge >= 0.3 is 0 Å². The summed E-state index contributed by atoms with van der Waals surface area (Å²) in [4.78, 5) is 8.86. The number of imidazole rings is 1. The third-order valence-corrected chi connectivity index (χ3v) is 4.10. The first-order valence-electron chi connectivity index (χ1n) is 6.00. The van der Waals surface area contributed by atoms with Gasteiger partial charge in [0, 0.05) is 24.1 Å². The first-order chi connectivity index (χ1) is 8.22. The molecule has 0 unspecified atom stereocenters. The number of rotatable bonds is 3. The molecular formula is C12H15BrN4. The van der Waals surface area contributed by atoms with E-state index < -0.39 is 0 Å². The van der Waals surface area contributed by atoms with Crippen LogP contribution in [0, 0.1) is 0 Å². The monoisotopic (exact) mass is 294 g/mol. The number of hydrogen-bond acceptors (Lipinski definition) is 3. The van der Waals surface area contributed by atoms with Gasteiger partial charge in [0.05, 0.1) is 0 Å². The second-order valence-electron chi connectivity index (χ2n) is 4.68. The summed E-state index contributed by atoms with van der Waals surface area (Å²) in [6.07, 6.45) is 10.6. The van der Waals surface area contributed by atoms with Crippen LogP contribution in [-0.4, -0.2) is 19.9 Å². The van der Waals surface area contributed by atoms with Crippen molar-refractivity contribution in [2.24, 2.45) is 0 Å². The van der Waals surface area contributed by atoms with E-state index in [9.17, 15) is 0 Å². The van der Waals surface area contributed by atoms with E-state index in [1.165, 1.54) is 19.3 Å². The van der Waals surface area contributed by atoms with Gasteiger partial charge in [0.2, 0.25) is 0 Å². The van der Waals surface area contributed by atoms with Crippen LogP contribution in [0.1, 0.15) is 32.6 Å². The molecule has 2 aromatic heterocycles. The minimum absolute atomic E-state index is 0.236. The maximum Gasteiger partial charge on any atom is 0.180 e. The van der Waals surface area contributed by atoms with E-state index >= 15 is 0 Å². The first-order valence-corrected chi connectivity index (χ1v) is 6.79. The largest absolute Gasteiger partial charge is 0.362 e. The van der Waals surface area contributed by atoms with Gasteiger partial charge in [-0.15, -0.1) is 0 Å². The van der Waals surface area contributed by atoms with Gasteiger partial charge in [0.25, 0.3) is 0 Å². The molecule has 90 valence electrons. The molecule has 1 aliphatic rings. The molecule has 0 radical (unpaired) electrons. The molecule has 17 heavy (non-hydrogen) atoms. The van der Waals surface area contributed by atoms with Crippen molar-refractivity contribution >= 4 is 27.4 Å². The molecule has 0 bridgehead atoms. The maximum atomic E-state index is 4.51. The van der Waals surface area contributed by atoms with Crippen molar-refractivity contribution in [1.29, 1.82) is 0 Å². The summed E-state index contributed by atoms with van der Waals surface area (Å²) in [5.74, 6) is 0.880. The summed E-state index contributed by atoms with van der Waals surface area (Å²) in [6.45, 7) is 2.23. The van der Waals surface area contributed by atoms with Gasteiger partial charge in [-0.1, -0.05) is 6.92 Å². The Labute approximate surface area is 109 Å². The summed E-state index contributed by atoms with van der Waals surface area (Å²) in [7, 11) is 0. The van der Waals surface area contributed by atoms with Gasteiger partial charge in [-0.05, 0) is 41.6 Å². The maximum absolute atomic E-state index is 4.51. The van der Waals surface area contributed by atoms with Crippen LogP contribution in [0.25, 0.3) is 5.65 Å². The number of aromatic nitrogens is 3. The highest BCUT2D eigenvalue weighted by atomic mass is 79.9. The summed E-state index contributed by atoms with van der Waals surface area (Å²) in [6, 6.07) is 0. The van der Waals surface area contributed by atoms with Gasteiger partial charge in [0.1, 0.15) is 4.60 Å². The van der Waals surface area contributed by atoms with Gasteiger partial charge in [0.15, 0.2) is 11.5 Å². The Kier molecular flexibility index (Phi) is 2.58. The molecule has 1 fully saturated rings. The summed E-state index contributed by atoms with van der Waals surface area (Å²) < 4.78 is 2.82. The lowest BCUT2D eigenvalue weighted by molar-refractivity contribution is 0.269. The number of nitrogens with one attached hydrogen (secondary N) is 1. The van der Waals surface area contributed by atoms with Crippen LogP contribution in [0.5, 0.6) is 0 Å². The molecule has 4 nitrogen and oxygen atoms in total. The van der Waals surface area contributed by atoms with E-state index in [1.807, 2.05) is 16.8 Å². The van der Waals surface area contributed by atoms with Crippen molar-refractivity contribution in [3.8, 4) is 0 Å². The van der Waals surface area contributed by atoms with E-state index in [-0.39, 0.29) is 5.54 Å². The lowest BCUT2D eigenvalue weighted by atomic mass is 9.75. The Bertz CT molecular complexity index is 539. The van der Waals surface area contributed by atoms with E-state index in [4.69, 9.17) is 0 Å². The predicted octanol–water partition coefficient (Wildman–Crippen LogP) is 3.24. The topological polar surface area (TPSA) is 42.2 Å². The highest BCUT2D eigenvalue weighted by Crippen LogP contribution is 2.38. The van der Waals surface area contributed by atoms with E-state index in [0.717, 1.165) is 22.5 Å². The quantitative estimate of drug-likeness (QED) is 0.945. The van der Waals surface area contributed by atoms with Crippen LogP contribution in [0.15, 0.2) is 23.2 Å². The van der Waals surface area contributed by atoms with Crippen LogP contribution in [0.2, 0.25) is 0 Å². The van der Waals surface area contributed by atoms with Crippen LogP contribution >= 0.6 is 15.9 Å². The second-order valence-corrected chi connectivity index (χ2v) is 5.50. The van der Waals surface area contributed by atoms with Crippen molar-refractivity contribution < 1.29 is 0 Å². The zero-order valence-electron chi connectivity index (χ0n) is 9.78. The van der Waals surface area contributed by atoms with Crippen LogP contribution < -0.4 is 5.32 Å². The fourth-order valence-corrected chi connectivity index (χ4v) is 2.80. The third-order valence-electron chi connectivity index (χ3n) is 3.72. The molecule has 2 heterocycles. The predicted molar refractivity (Wildman–Crippen MR) is 71.2 cm³/mol. The molecule has 0 saturated heterocycles. The first kappa shape index (κ1) is 11.0. The molecule has 0 aliphatic heterocycles. The van der Waals surface area contributed by atoms with E-state index in [1.54, 1.807) is 6.20 Å². The molecule has 0 atom stereocenters. The summed E-state index contributed by atoms with van der Waals surface area (Å²) in [5.41, 5.74) is 1.13. The zero-order valence-corrected chi connectivity index (χ0v) is 11.4. The molecule has 1 N–H and O–H groups in total. The SMILES string of the molecule is CCC1(Nc2nc(Br)cn3ccnc23)CCC1. The Morgan fingerprint density at radius 1 is 1.53 bits per heavy atom. The minimum atomic E-state index is 0.236. The summed E-state index contributed by atoms with van der Waals surface area (Å²) >= 11 is 3.44. The van der Waals surface area contributed by atoms with Crippen molar-refractivity contribution in [2.75, 3.05) is 5.32 Å². The van der Waals surface area contributed by atoms with Gasteiger partial charge in [-0.2, -0.15) is 0 Å². The molecule has 5 heteroatoms. The zero-order chi connectivity index (χ0) is 11.9. The fraction of sp³-hybridized carbons (Fsp3) is 0.500. The standard InChI is InChI=1S/C12H15BrN4/c1-2-12(4-3-5-12)16-10-11-14-6-7-17(11)8-9(13)15-10/h6-8H,2-5H2,1H3,(H,15,16).